The van der Waals surface area contributed by atoms with Crippen LogP contribution in [-0.4, -0.2) is 49.4 Å². The van der Waals surface area contributed by atoms with Gasteiger partial charge in [-0.15, -0.1) is 0 Å². The quantitative estimate of drug-likeness (QED) is 0.120. The van der Waals surface area contributed by atoms with Crippen molar-refractivity contribution in [2.75, 3.05) is 0 Å². The topological polar surface area (TPSA) is 173 Å². The summed E-state index contributed by atoms with van der Waals surface area (Å²) in [4.78, 5) is 47.6. The molecule has 0 spiro atoms. The van der Waals surface area contributed by atoms with E-state index in [-0.39, 0.29) is 0 Å². The monoisotopic (exact) mass is 1370 g/mol. The number of aromatic nitrogens is 10. The molecule has 0 aliphatic rings. The first-order chi connectivity index (χ1) is 53.0. The SMILES string of the molecule is c1ccc(-c2cc(-c3ccccc3)nc(-c3cccc4oc5cc(-c6nc(-c7ccccc7)c7oc8ccc(-c9ccc%10c(c9)c9ccccc9n%10-c9nc(-c%10ccccc%10)nc(-c%10cccc%11oc%12cc(-c%13nc(-c%14ccccc%14)c%14oc%15ccccc%15c%14n%13)ccc%12c%10%11)n9)cc8c7n6)ccc5c34)n2)cc1. The number of furan rings is 4. The van der Waals surface area contributed by atoms with Gasteiger partial charge in [0.25, 0.3) is 0 Å². The standard InChI is InChI=1S/C93H52N10O4/c1-6-22-53(23-7-1)70-52-71(54-24-8-2-9-25-54)95-91(94-70)66-34-20-38-76-80(66)63-44-41-61(51-78(63)104-76)90-97-83(56-28-12-4-13-29-56)87-85(99-90)69-49-59(43-47-75(69)107-87)58-42-46-73-68(48-58)62-32-16-18-36-72(62)103(73)93-101-88(57-30-14-5-15-31-57)100-92(102-93)67-35-21-39-77-81(67)64-45-40-60(50-79(64)105-77)89-96-82(55-26-10-3-11-27-55)86-84(98-89)65-33-17-19-37-74(65)106-86/h1-52H. The highest BCUT2D eigenvalue weighted by molar-refractivity contribution is 6.16. The van der Waals surface area contributed by atoms with Crippen molar-refractivity contribution >= 4 is 110 Å². The van der Waals surface area contributed by atoms with Crippen molar-refractivity contribution in [1.29, 1.82) is 0 Å². The van der Waals surface area contributed by atoms with E-state index in [0.717, 1.165) is 138 Å². The number of benzene rings is 13. The molecule has 107 heavy (non-hydrogen) atoms. The molecule has 0 fully saturated rings. The van der Waals surface area contributed by atoms with Gasteiger partial charge in [0.1, 0.15) is 55.9 Å². The highest BCUT2D eigenvalue weighted by Gasteiger charge is 2.26. The van der Waals surface area contributed by atoms with Crippen LogP contribution in [0.3, 0.4) is 0 Å². The molecule has 9 heterocycles. The molecular weight excluding hydrogens is 1320 g/mol. The fourth-order valence-corrected chi connectivity index (χ4v) is 15.3. The van der Waals surface area contributed by atoms with Gasteiger partial charge in [-0.25, -0.2) is 34.9 Å². The predicted molar refractivity (Wildman–Crippen MR) is 424 cm³/mol. The summed E-state index contributed by atoms with van der Waals surface area (Å²) in [5, 5.41) is 7.42. The van der Waals surface area contributed by atoms with Crippen molar-refractivity contribution < 1.29 is 17.7 Å². The molecule has 498 valence electrons. The van der Waals surface area contributed by atoms with E-state index in [0.29, 0.717) is 91.1 Å². The molecule has 13 aromatic carbocycles. The van der Waals surface area contributed by atoms with Gasteiger partial charge in [0, 0.05) is 93.2 Å². The second-order valence-electron chi connectivity index (χ2n) is 26.7. The van der Waals surface area contributed by atoms with Gasteiger partial charge in [-0.1, -0.05) is 231 Å². The summed E-state index contributed by atoms with van der Waals surface area (Å²) in [6.07, 6.45) is 0. The predicted octanol–water partition coefficient (Wildman–Crippen LogP) is 23.6. The zero-order chi connectivity index (χ0) is 70.2. The Morgan fingerprint density at radius 3 is 1.22 bits per heavy atom. The van der Waals surface area contributed by atoms with Crippen LogP contribution in [0.25, 0.3) is 229 Å². The van der Waals surface area contributed by atoms with Crippen LogP contribution in [0.5, 0.6) is 0 Å². The Balaban J connectivity index is 0.650. The highest BCUT2D eigenvalue weighted by Crippen LogP contribution is 2.45. The maximum absolute atomic E-state index is 6.83. The Morgan fingerprint density at radius 1 is 0.215 bits per heavy atom. The number of hydrogen-bond donors (Lipinski definition) is 0. The van der Waals surface area contributed by atoms with Gasteiger partial charge in [-0.2, -0.15) is 9.97 Å². The molecule has 0 atom stereocenters. The minimum absolute atomic E-state index is 0.464. The lowest BCUT2D eigenvalue weighted by Gasteiger charge is -2.11. The summed E-state index contributed by atoms with van der Waals surface area (Å²) in [6.45, 7) is 0. The molecule has 9 aromatic heterocycles. The normalized spacial score (nSPS) is 11.9. The van der Waals surface area contributed by atoms with Crippen LogP contribution in [-0.2, 0) is 0 Å². The van der Waals surface area contributed by atoms with Crippen molar-refractivity contribution in [2.24, 2.45) is 0 Å². The third-order valence-electron chi connectivity index (χ3n) is 20.3. The van der Waals surface area contributed by atoms with Crippen LogP contribution in [0, 0.1) is 0 Å². The summed E-state index contributed by atoms with van der Waals surface area (Å²) in [5.41, 5.74) is 21.6. The van der Waals surface area contributed by atoms with Crippen LogP contribution in [0.2, 0.25) is 0 Å². The van der Waals surface area contributed by atoms with Gasteiger partial charge in [0.2, 0.25) is 5.95 Å². The molecule has 14 nitrogen and oxygen atoms in total. The van der Waals surface area contributed by atoms with Crippen LogP contribution in [0.1, 0.15) is 0 Å². The van der Waals surface area contributed by atoms with Crippen molar-refractivity contribution in [1.82, 2.24) is 49.4 Å². The third kappa shape index (κ3) is 9.84. The van der Waals surface area contributed by atoms with Gasteiger partial charge in [0.15, 0.2) is 40.3 Å². The summed E-state index contributed by atoms with van der Waals surface area (Å²) in [5.74, 6) is 3.15. The van der Waals surface area contributed by atoms with Crippen LogP contribution < -0.4 is 0 Å². The zero-order valence-corrected chi connectivity index (χ0v) is 56.6. The number of hydrogen-bond acceptors (Lipinski definition) is 13. The Morgan fingerprint density at radius 2 is 0.645 bits per heavy atom. The zero-order valence-electron chi connectivity index (χ0n) is 56.6. The first-order valence-corrected chi connectivity index (χ1v) is 35.3. The van der Waals surface area contributed by atoms with Gasteiger partial charge in [0.05, 0.1) is 22.4 Å². The summed E-state index contributed by atoms with van der Waals surface area (Å²) in [7, 11) is 0. The molecular formula is C93H52N10O4. The minimum Gasteiger partial charge on any atom is -0.456 e. The third-order valence-corrected chi connectivity index (χ3v) is 20.3. The Labute approximate surface area is 607 Å². The molecule has 22 aromatic rings. The van der Waals surface area contributed by atoms with E-state index in [4.69, 9.17) is 62.5 Å². The van der Waals surface area contributed by atoms with Crippen molar-refractivity contribution in [3.63, 3.8) is 0 Å². The molecule has 0 radical (unpaired) electrons. The van der Waals surface area contributed by atoms with Gasteiger partial charge < -0.3 is 17.7 Å². The second-order valence-corrected chi connectivity index (χ2v) is 26.7. The van der Waals surface area contributed by atoms with Crippen LogP contribution >= 0.6 is 0 Å². The average Bonchev–Trinajstić information content (AvgIpc) is 1.61. The van der Waals surface area contributed by atoms with Gasteiger partial charge >= 0.3 is 0 Å². The maximum atomic E-state index is 6.83. The number of fused-ring (bicyclic) bond motifs is 15. The van der Waals surface area contributed by atoms with Crippen LogP contribution in [0.15, 0.2) is 333 Å². The molecule has 22 rings (SSSR count). The number of nitrogens with zero attached hydrogens (tertiary/aromatic N) is 10. The lowest BCUT2D eigenvalue weighted by molar-refractivity contribution is 0.666. The van der Waals surface area contributed by atoms with Gasteiger partial charge in [-0.05, 0) is 96.1 Å². The van der Waals surface area contributed by atoms with Crippen molar-refractivity contribution in [3.05, 3.63) is 315 Å². The molecule has 0 aliphatic carbocycles. The molecule has 0 saturated carbocycles. The molecule has 0 saturated heterocycles. The molecule has 0 bridgehead atoms. The molecule has 0 N–H and O–H groups in total. The Bertz CT molecular complexity index is 7320. The van der Waals surface area contributed by atoms with E-state index >= 15 is 0 Å². The van der Waals surface area contributed by atoms with Gasteiger partial charge in [-0.3, -0.25) is 4.57 Å². The van der Waals surface area contributed by atoms with E-state index < -0.39 is 0 Å². The second kappa shape index (κ2) is 23.9. The van der Waals surface area contributed by atoms with Crippen LogP contribution in [0.4, 0.5) is 0 Å². The van der Waals surface area contributed by atoms with Crippen molar-refractivity contribution in [2.45, 2.75) is 0 Å². The molecule has 0 unspecified atom stereocenters. The largest absolute Gasteiger partial charge is 0.456 e. The summed E-state index contributed by atoms with van der Waals surface area (Å²) in [6, 6.07) is 107. The lowest BCUT2D eigenvalue weighted by atomic mass is 10.0. The molecule has 14 heteroatoms. The fraction of sp³-hybridized carbons (Fsp3) is 0. The van der Waals surface area contributed by atoms with E-state index in [9.17, 15) is 0 Å². The lowest BCUT2D eigenvalue weighted by Crippen LogP contribution is -2.06. The average molecular weight is 1370 g/mol. The number of rotatable bonds is 11. The number of para-hydroxylation sites is 2. The summed E-state index contributed by atoms with van der Waals surface area (Å²) < 4.78 is 29.0. The van der Waals surface area contributed by atoms with E-state index in [1.807, 2.05) is 182 Å². The van der Waals surface area contributed by atoms with E-state index in [2.05, 4.69) is 138 Å². The molecule has 0 aliphatic heterocycles. The highest BCUT2D eigenvalue weighted by atomic mass is 16.3. The van der Waals surface area contributed by atoms with E-state index in [1.54, 1.807) is 0 Å². The first kappa shape index (κ1) is 59.8. The first-order valence-electron chi connectivity index (χ1n) is 35.3. The Hall–Kier alpha value is -14.9. The smallest absolute Gasteiger partial charge is 0.238 e. The molecule has 0 amide bonds. The maximum Gasteiger partial charge on any atom is 0.238 e. The summed E-state index contributed by atoms with van der Waals surface area (Å²) >= 11 is 0. The fourth-order valence-electron chi connectivity index (χ4n) is 15.3. The van der Waals surface area contributed by atoms with Crippen molar-refractivity contribution in [3.8, 4) is 119 Å². The Kier molecular flexibility index (Phi) is 13.3. The van der Waals surface area contributed by atoms with E-state index in [1.165, 1.54) is 0 Å². The minimum atomic E-state index is 0.464.